The van der Waals surface area contributed by atoms with E-state index in [0.717, 1.165) is 30.8 Å². The van der Waals surface area contributed by atoms with Crippen molar-refractivity contribution in [3.8, 4) is 0 Å². The van der Waals surface area contributed by atoms with E-state index in [1.165, 1.54) is 12.0 Å². The van der Waals surface area contributed by atoms with Crippen molar-refractivity contribution in [2.45, 2.75) is 46.1 Å². The Labute approximate surface area is 115 Å². The predicted molar refractivity (Wildman–Crippen MR) is 78.1 cm³/mol. The summed E-state index contributed by atoms with van der Waals surface area (Å²) < 4.78 is 1.90. The van der Waals surface area contributed by atoms with E-state index in [1.54, 1.807) is 6.20 Å². The van der Waals surface area contributed by atoms with E-state index in [0.29, 0.717) is 6.04 Å². The largest absolute Gasteiger partial charge is 0.310 e. The van der Waals surface area contributed by atoms with Crippen LogP contribution in [0.15, 0.2) is 24.8 Å². The smallest absolute Gasteiger partial charge is 0.0892 e. The lowest BCUT2D eigenvalue weighted by Crippen LogP contribution is -2.22. The van der Waals surface area contributed by atoms with Crippen LogP contribution in [0.1, 0.15) is 51.6 Å². The molecule has 0 aromatic carbocycles. The summed E-state index contributed by atoms with van der Waals surface area (Å²) in [5, 5.41) is 8.05. The highest BCUT2D eigenvalue weighted by atomic mass is 15.2. The van der Waals surface area contributed by atoms with E-state index in [-0.39, 0.29) is 0 Å². The van der Waals surface area contributed by atoms with Gasteiger partial charge in [-0.2, -0.15) is 5.10 Å². The number of aromatic nitrogens is 3. The van der Waals surface area contributed by atoms with Crippen LogP contribution >= 0.6 is 0 Å². The van der Waals surface area contributed by atoms with Gasteiger partial charge in [0.05, 0.1) is 17.9 Å². The highest BCUT2D eigenvalue weighted by Crippen LogP contribution is 2.24. The molecule has 4 heteroatoms. The molecule has 0 fully saturated rings. The maximum atomic E-state index is 4.41. The minimum atomic E-state index is 0.379. The third-order valence-corrected chi connectivity index (χ3v) is 3.40. The fourth-order valence-electron chi connectivity index (χ4n) is 2.31. The molecule has 0 aliphatic heterocycles. The molecular formula is C15H24N4. The maximum absolute atomic E-state index is 4.41. The van der Waals surface area contributed by atoms with Crippen molar-refractivity contribution in [2.75, 3.05) is 6.54 Å². The summed E-state index contributed by atoms with van der Waals surface area (Å²) in [6, 6.07) is 0.379. The molecule has 1 atom stereocenters. The fourth-order valence-corrected chi connectivity index (χ4v) is 2.31. The van der Waals surface area contributed by atoms with Crippen LogP contribution in [0.2, 0.25) is 0 Å². The lowest BCUT2D eigenvalue weighted by Gasteiger charge is -2.18. The summed E-state index contributed by atoms with van der Waals surface area (Å²) in [5.41, 5.74) is 2.38. The zero-order valence-corrected chi connectivity index (χ0v) is 12.1. The van der Waals surface area contributed by atoms with Gasteiger partial charge >= 0.3 is 0 Å². The second kappa shape index (κ2) is 6.66. The summed E-state index contributed by atoms with van der Waals surface area (Å²) in [4.78, 5) is 4.22. The Morgan fingerprint density at radius 3 is 2.84 bits per heavy atom. The summed E-state index contributed by atoms with van der Waals surface area (Å²) in [7, 11) is 0. The average Bonchev–Trinajstić information content (AvgIpc) is 2.83. The van der Waals surface area contributed by atoms with Crippen LogP contribution in [0.3, 0.4) is 0 Å². The van der Waals surface area contributed by atoms with Gasteiger partial charge < -0.3 is 5.32 Å². The Kier molecular flexibility index (Phi) is 4.91. The second-order valence-corrected chi connectivity index (χ2v) is 5.48. The number of nitrogens with zero attached hydrogens (tertiary/aromatic N) is 3. The first-order valence-corrected chi connectivity index (χ1v) is 7.23. The van der Waals surface area contributed by atoms with E-state index in [1.807, 2.05) is 23.1 Å². The number of rotatable bonds is 7. The fraction of sp³-hybridized carbons (Fsp3) is 0.600. The number of hydrogen-bond donors (Lipinski definition) is 1. The van der Waals surface area contributed by atoms with E-state index in [4.69, 9.17) is 0 Å². The van der Waals surface area contributed by atoms with Crippen LogP contribution in [0.25, 0.3) is 5.52 Å². The molecule has 0 spiro atoms. The Bertz CT molecular complexity index is 504. The van der Waals surface area contributed by atoms with E-state index >= 15 is 0 Å². The average molecular weight is 260 g/mol. The SMILES string of the molecule is CCCNC(CCC(C)C)c1cnn2ccncc12. The molecule has 19 heavy (non-hydrogen) atoms. The highest BCUT2D eigenvalue weighted by Gasteiger charge is 2.16. The monoisotopic (exact) mass is 260 g/mol. The molecule has 0 aliphatic rings. The zero-order chi connectivity index (χ0) is 13.7. The Balaban J connectivity index is 2.20. The van der Waals surface area contributed by atoms with Crippen molar-refractivity contribution in [1.82, 2.24) is 19.9 Å². The van der Waals surface area contributed by atoms with Gasteiger partial charge in [-0.15, -0.1) is 0 Å². The van der Waals surface area contributed by atoms with Gasteiger partial charge in [0.1, 0.15) is 0 Å². The predicted octanol–water partition coefficient (Wildman–Crippen LogP) is 3.21. The second-order valence-electron chi connectivity index (χ2n) is 5.48. The Morgan fingerprint density at radius 2 is 2.11 bits per heavy atom. The lowest BCUT2D eigenvalue weighted by atomic mass is 9.98. The molecule has 0 bridgehead atoms. The van der Waals surface area contributed by atoms with Crippen LogP contribution in [-0.4, -0.2) is 21.1 Å². The first-order chi connectivity index (χ1) is 9.22. The molecule has 1 N–H and O–H groups in total. The van der Waals surface area contributed by atoms with Gasteiger partial charge in [0.2, 0.25) is 0 Å². The van der Waals surface area contributed by atoms with Gasteiger partial charge in [0.15, 0.2) is 0 Å². The van der Waals surface area contributed by atoms with Crippen molar-refractivity contribution >= 4 is 5.52 Å². The van der Waals surface area contributed by atoms with Crippen LogP contribution < -0.4 is 5.32 Å². The molecule has 2 rings (SSSR count). The van der Waals surface area contributed by atoms with Gasteiger partial charge in [0, 0.05) is 24.0 Å². The van der Waals surface area contributed by atoms with E-state index in [2.05, 4.69) is 36.2 Å². The van der Waals surface area contributed by atoms with Crippen molar-refractivity contribution in [3.63, 3.8) is 0 Å². The van der Waals surface area contributed by atoms with Crippen LogP contribution in [0, 0.1) is 5.92 Å². The molecule has 0 radical (unpaired) electrons. The molecule has 4 nitrogen and oxygen atoms in total. The maximum Gasteiger partial charge on any atom is 0.0892 e. The van der Waals surface area contributed by atoms with Gasteiger partial charge in [-0.25, -0.2) is 4.52 Å². The Hall–Kier alpha value is -1.42. The molecule has 0 saturated carbocycles. The van der Waals surface area contributed by atoms with Crippen LogP contribution in [0.5, 0.6) is 0 Å². The zero-order valence-electron chi connectivity index (χ0n) is 12.1. The molecule has 2 aromatic rings. The standard InChI is InChI=1S/C15H24N4/c1-4-7-17-14(6-5-12(2)3)13-10-18-19-9-8-16-11-15(13)19/h8-12,14,17H,4-7H2,1-3H3. The third kappa shape index (κ3) is 3.53. The minimum absolute atomic E-state index is 0.379. The quantitative estimate of drug-likeness (QED) is 0.831. The normalized spacial score (nSPS) is 13.3. The van der Waals surface area contributed by atoms with Crippen LogP contribution in [-0.2, 0) is 0 Å². The van der Waals surface area contributed by atoms with E-state index in [9.17, 15) is 0 Å². The summed E-state index contributed by atoms with van der Waals surface area (Å²) >= 11 is 0. The van der Waals surface area contributed by atoms with Gasteiger partial charge in [-0.05, 0) is 31.7 Å². The van der Waals surface area contributed by atoms with Crippen molar-refractivity contribution in [3.05, 3.63) is 30.4 Å². The van der Waals surface area contributed by atoms with E-state index < -0.39 is 0 Å². The van der Waals surface area contributed by atoms with Crippen molar-refractivity contribution in [2.24, 2.45) is 5.92 Å². The number of hydrogen-bond acceptors (Lipinski definition) is 3. The van der Waals surface area contributed by atoms with Crippen molar-refractivity contribution in [1.29, 1.82) is 0 Å². The number of nitrogens with one attached hydrogen (secondary N) is 1. The van der Waals surface area contributed by atoms with Gasteiger partial charge in [-0.3, -0.25) is 4.98 Å². The van der Waals surface area contributed by atoms with Crippen molar-refractivity contribution < 1.29 is 0 Å². The summed E-state index contributed by atoms with van der Waals surface area (Å²) in [6.07, 6.45) is 11.1. The lowest BCUT2D eigenvalue weighted by molar-refractivity contribution is 0.442. The molecule has 0 saturated heterocycles. The topological polar surface area (TPSA) is 42.2 Å². The molecule has 104 valence electrons. The third-order valence-electron chi connectivity index (χ3n) is 3.40. The molecule has 2 heterocycles. The molecular weight excluding hydrogens is 236 g/mol. The summed E-state index contributed by atoms with van der Waals surface area (Å²) in [6.45, 7) is 7.79. The first kappa shape index (κ1) is 14.0. The highest BCUT2D eigenvalue weighted by molar-refractivity contribution is 5.53. The molecule has 1 unspecified atom stereocenters. The molecule has 0 amide bonds. The first-order valence-electron chi connectivity index (χ1n) is 7.23. The van der Waals surface area contributed by atoms with Crippen LogP contribution in [0.4, 0.5) is 0 Å². The molecule has 2 aromatic heterocycles. The van der Waals surface area contributed by atoms with Gasteiger partial charge in [-0.1, -0.05) is 20.8 Å². The minimum Gasteiger partial charge on any atom is -0.310 e. The Morgan fingerprint density at radius 1 is 1.26 bits per heavy atom. The summed E-state index contributed by atoms with van der Waals surface area (Å²) in [5.74, 6) is 0.728. The van der Waals surface area contributed by atoms with Gasteiger partial charge in [0.25, 0.3) is 0 Å². The number of fused-ring (bicyclic) bond motifs is 1. The molecule has 0 aliphatic carbocycles.